The zero-order valence-corrected chi connectivity index (χ0v) is 15.6. The van der Waals surface area contributed by atoms with Crippen LogP contribution in [0.3, 0.4) is 0 Å². The summed E-state index contributed by atoms with van der Waals surface area (Å²) in [5, 5.41) is 0. The Morgan fingerprint density at radius 1 is 0.857 bits per heavy atom. The van der Waals surface area contributed by atoms with Crippen LogP contribution >= 0.6 is 0 Å². The SMILES string of the molecule is Cc1cccc(Oc2ccc(N3C(=O)[C@H]4[C@@H]5C=C[C@@H]([C@H]6C[C@H]56)[C@@H]4C3=O)cc2)c1. The maximum Gasteiger partial charge on any atom is 0.238 e. The van der Waals surface area contributed by atoms with E-state index in [0.29, 0.717) is 23.3 Å². The van der Waals surface area contributed by atoms with E-state index in [9.17, 15) is 9.59 Å². The molecule has 3 fully saturated rings. The first-order valence-corrected chi connectivity index (χ1v) is 10.0. The van der Waals surface area contributed by atoms with E-state index in [0.717, 1.165) is 11.3 Å². The highest BCUT2D eigenvalue weighted by atomic mass is 16.5. The summed E-state index contributed by atoms with van der Waals surface area (Å²) in [6.07, 6.45) is 5.59. The van der Waals surface area contributed by atoms with Crippen LogP contribution in [-0.2, 0) is 9.59 Å². The quantitative estimate of drug-likeness (QED) is 0.595. The van der Waals surface area contributed by atoms with Gasteiger partial charge in [-0.1, -0.05) is 24.3 Å². The number of allylic oxidation sites excluding steroid dienone is 2. The molecule has 140 valence electrons. The van der Waals surface area contributed by atoms with E-state index < -0.39 is 0 Å². The van der Waals surface area contributed by atoms with Crippen molar-refractivity contribution in [3.63, 3.8) is 0 Å². The molecule has 0 radical (unpaired) electrons. The molecule has 2 aromatic rings. The smallest absolute Gasteiger partial charge is 0.238 e. The van der Waals surface area contributed by atoms with Gasteiger partial charge in [0, 0.05) is 0 Å². The molecule has 7 rings (SSSR count). The average Bonchev–Trinajstić information content (AvgIpc) is 3.47. The summed E-state index contributed by atoms with van der Waals surface area (Å²) in [5.74, 6) is 2.86. The van der Waals surface area contributed by atoms with Crippen LogP contribution < -0.4 is 9.64 Å². The molecule has 0 N–H and O–H groups in total. The van der Waals surface area contributed by atoms with Crippen LogP contribution in [0.1, 0.15) is 12.0 Å². The van der Waals surface area contributed by atoms with E-state index >= 15 is 0 Å². The number of imide groups is 1. The van der Waals surface area contributed by atoms with Crippen LogP contribution in [0.2, 0.25) is 0 Å². The third-order valence-electron chi connectivity index (χ3n) is 6.98. The monoisotopic (exact) mass is 371 g/mol. The molecule has 4 nitrogen and oxygen atoms in total. The third kappa shape index (κ3) is 2.17. The van der Waals surface area contributed by atoms with E-state index in [4.69, 9.17) is 4.74 Å². The number of hydrogen-bond donors (Lipinski definition) is 0. The molecule has 1 heterocycles. The zero-order valence-electron chi connectivity index (χ0n) is 15.6. The fourth-order valence-electron chi connectivity index (χ4n) is 5.69. The van der Waals surface area contributed by atoms with Crippen LogP contribution in [0, 0.1) is 42.4 Å². The number of nitrogens with zero attached hydrogens (tertiary/aromatic N) is 1. The standard InChI is InChI=1S/C24H21NO3/c1-13-3-2-4-16(11-13)28-15-7-5-14(6-8-15)25-23(26)21-17-9-10-18(20-12-19(17)20)22(21)24(25)27/h2-11,17-22H,12H2,1H3/t17-,18+,19-,20-,21+,22+/m1/s1. The topological polar surface area (TPSA) is 46.6 Å². The number of carbonyl (C=O) groups excluding carboxylic acids is 2. The third-order valence-corrected chi connectivity index (χ3v) is 6.98. The second kappa shape index (κ2) is 5.57. The second-order valence-corrected chi connectivity index (χ2v) is 8.58. The Kier molecular flexibility index (Phi) is 3.20. The predicted octanol–water partition coefficient (Wildman–Crippen LogP) is 4.34. The molecule has 0 aromatic heterocycles. The lowest BCUT2D eigenvalue weighted by Gasteiger charge is -2.37. The Balaban J connectivity index is 1.27. The van der Waals surface area contributed by atoms with Gasteiger partial charge in [0.15, 0.2) is 0 Å². The van der Waals surface area contributed by atoms with Gasteiger partial charge in [-0.3, -0.25) is 14.5 Å². The average molecular weight is 371 g/mol. The van der Waals surface area contributed by atoms with Crippen LogP contribution in [0.25, 0.3) is 0 Å². The summed E-state index contributed by atoms with van der Waals surface area (Å²) in [7, 11) is 0. The van der Waals surface area contributed by atoms with Gasteiger partial charge in [0.1, 0.15) is 11.5 Å². The van der Waals surface area contributed by atoms with E-state index in [1.807, 2.05) is 55.5 Å². The van der Waals surface area contributed by atoms with Gasteiger partial charge in [0.2, 0.25) is 11.8 Å². The lowest BCUT2D eigenvalue weighted by atomic mass is 9.63. The predicted molar refractivity (Wildman–Crippen MR) is 105 cm³/mol. The maximum absolute atomic E-state index is 13.2. The molecule has 1 aliphatic heterocycles. The summed E-state index contributed by atoms with van der Waals surface area (Å²) in [6.45, 7) is 2.02. The van der Waals surface area contributed by atoms with Crippen molar-refractivity contribution in [3.8, 4) is 11.5 Å². The van der Waals surface area contributed by atoms with E-state index in [1.165, 1.54) is 11.3 Å². The van der Waals surface area contributed by atoms with E-state index in [2.05, 4.69) is 12.2 Å². The first-order valence-electron chi connectivity index (χ1n) is 10.0. The van der Waals surface area contributed by atoms with Gasteiger partial charge in [-0.15, -0.1) is 0 Å². The van der Waals surface area contributed by atoms with Crippen molar-refractivity contribution in [2.45, 2.75) is 13.3 Å². The van der Waals surface area contributed by atoms with E-state index in [-0.39, 0.29) is 35.5 Å². The fourth-order valence-corrected chi connectivity index (χ4v) is 5.69. The highest BCUT2D eigenvalue weighted by Gasteiger charge is 2.67. The molecule has 2 bridgehead atoms. The molecule has 2 amide bonds. The molecule has 4 heteroatoms. The van der Waals surface area contributed by atoms with Gasteiger partial charge in [0.05, 0.1) is 17.5 Å². The van der Waals surface area contributed by atoms with E-state index in [1.54, 1.807) is 0 Å². The molecule has 0 unspecified atom stereocenters. The summed E-state index contributed by atoms with van der Waals surface area (Å²) < 4.78 is 5.89. The first kappa shape index (κ1) is 16.1. The first-order chi connectivity index (χ1) is 13.6. The zero-order chi connectivity index (χ0) is 19.0. The summed E-state index contributed by atoms with van der Waals surface area (Å²) in [4.78, 5) is 27.7. The molecule has 2 saturated carbocycles. The fraction of sp³-hybridized carbons (Fsp3) is 0.333. The Bertz CT molecular complexity index is 988. The largest absolute Gasteiger partial charge is 0.457 e. The molecular formula is C24H21NO3. The minimum Gasteiger partial charge on any atom is -0.457 e. The number of aryl methyl sites for hydroxylation is 1. The van der Waals surface area contributed by atoms with Gasteiger partial charge < -0.3 is 4.74 Å². The Labute approximate surface area is 163 Å². The van der Waals surface area contributed by atoms with Crippen molar-refractivity contribution in [2.75, 3.05) is 4.90 Å². The van der Waals surface area contributed by atoms with Crippen molar-refractivity contribution in [3.05, 3.63) is 66.2 Å². The second-order valence-electron chi connectivity index (χ2n) is 8.58. The minimum absolute atomic E-state index is 0.0212. The van der Waals surface area contributed by atoms with Crippen LogP contribution in [0.5, 0.6) is 11.5 Å². The molecular weight excluding hydrogens is 350 g/mol. The molecule has 5 aliphatic rings. The molecule has 0 spiro atoms. The number of ether oxygens (including phenoxy) is 1. The van der Waals surface area contributed by atoms with Gasteiger partial charge in [-0.05, 0) is 79.0 Å². The number of amides is 2. The molecule has 2 aromatic carbocycles. The van der Waals surface area contributed by atoms with Crippen LogP contribution in [0.4, 0.5) is 5.69 Å². The highest BCUT2D eigenvalue weighted by molar-refractivity contribution is 6.22. The minimum atomic E-state index is -0.158. The number of hydrogen-bond acceptors (Lipinski definition) is 3. The number of rotatable bonds is 3. The summed E-state index contributed by atoms with van der Waals surface area (Å²) in [6, 6.07) is 15.1. The van der Waals surface area contributed by atoms with Crippen LogP contribution in [0.15, 0.2) is 60.7 Å². The normalized spacial score (nSPS) is 34.4. The number of carbonyl (C=O) groups is 2. The molecule has 4 aliphatic carbocycles. The van der Waals surface area contributed by atoms with Gasteiger partial charge in [-0.25, -0.2) is 0 Å². The van der Waals surface area contributed by atoms with Gasteiger partial charge in [0.25, 0.3) is 0 Å². The molecule has 6 atom stereocenters. The van der Waals surface area contributed by atoms with Gasteiger partial charge in [-0.2, -0.15) is 0 Å². The lowest BCUT2D eigenvalue weighted by molar-refractivity contribution is -0.124. The summed E-state index contributed by atoms with van der Waals surface area (Å²) in [5.41, 5.74) is 1.78. The van der Waals surface area contributed by atoms with Crippen LogP contribution in [-0.4, -0.2) is 11.8 Å². The van der Waals surface area contributed by atoms with Gasteiger partial charge >= 0.3 is 0 Å². The van der Waals surface area contributed by atoms with Crippen molar-refractivity contribution in [1.29, 1.82) is 0 Å². The Morgan fingerprint density at radius 3 is 2.11 bits per heavy atom. The molecule has 1 saturated heterocycles. The summed E-state index contributed by atoms with van der Waals surface area (Å²) >= 11 is 0. The lowest BCUT2D eigenvalue weighted by Crippen LogP contribution is -2.40. The Hall–Kier alpha value is -2.88. The number of anilines is 1. The van der Waals surface area contributed by atoms with Crippen molar-refractivity contribution >= 4 is 17.5 Å². The van der Waals surface area contributed by atoms with Crippen molar-refractivity contribution in [2.24, 2.45) is 35.5 Å². The number of benzene rings is 2. The van der Waals surface area contributed by atoms with Crippen molar-refractivity contribution < 1.29 is 14.3 Å². The maximum atomic E-state index is 13.2. The molecule has 28 heavy (non-hydrogen) atoms. The highest BCUT2D eigenvalue weighted by Crippen LogP contribution is 2.65. The Morgan fingerprint density at radius 2 is 1.50 bits per heavy atom. The van der Waals surface area contributed by atoms with Crippen molar-refractivity contribution in [1.82, 2.24) is 0 Å².